The fourth-order valence-electron chi connectivity index (χ4n) is 3.65. The minimum absolute atomic E-state index is 0.0223. The van der Waals surface area contributed by atoms with Crippen molar-refractivity contribution in [2.45, 2.75) is 51.7 Å². The summed E-state index contributed by atoms with van der Waals surface area (Å²) in [5.74, 6) is 0.276. The second-order valence-corrected chi connectivity index (χ2v) is 7.98. The molecule has 0 aromatic heterocycles. The van der Waals surface area contributed by atoms with Gasteiger partial charge in [0, 0.05) is 12.0 Å². The normalized spacial score (nSPS) is 13.2. The summed E-state index contributed by atoms with van der Waals surface area (Å²) in [5.41, 5.74) is 3.16. The van der Waals surface area contributed by atoms with Gasteiger partial charge in [0.05, 0.1) is 39.5 Å². The molecule has 2 N–H and O–H groups in total. The molecular formula is C26H33FO6. The van der Waals surface area contributed by atoms with E-state index in [1.54, 1.807) is 38.3 Å². The number of aliphatic hydroxyl groups excluding tert-OH is 2. The van der Waals surface area contributed by atoms with Gasteiger partial charge in [-0.3, -0.25) is 4.79 Å². The van der Waals surface area contributed by atoms with Crippen molar-refractivity contribution in [1.82, 2.24) is 0 Å². The average Bonchev–Trinajstić information content (AvgIpc) is 2.76. The van der Waals surface area contributed by atoms with Crippen LogP contribution in [0, 0.1) is 5.82 Å². The summed E-state index contributed by atoms with van der Waals surface area (Å²) in [5, 5.41) is 20.6. The molecule has 0 heterocycles. The van der Waals surface area contributed by atoms with Gasteiger partial charge in [0.1, 0.15) is 5.82 Å². The first kappa shape index (κ1) is 26.4. The molecule has 7 heteroatoms. The molecule has 0 bridgehead atoms. The number of halogens is 1. The van der Waals surface area contributed by atoms with Crippen LogP contribution < -0.4 is 9.47 Å². The van der Waals surface area contributed by atoms with Gasteiger partial charge in [0.25, 0.3) is 0 Å². The lowest BCUT2D eigenvalue weighted by atomic mass is 9.88. The molecule has 0 saturated heterocycles. The van der Waals surface area contributed by atoms with Gasteiger partial charge >= 0.3 is 5.97 Å². The quantitative estimate of drug-likeness (QED) is 0.473. The lowest BCUT2D eigenvalue weighted by Gasteiger charge is -2.21. The van der Waals surface area contributed by atoms with E-state index in [0.29, 0.717) is 17.1 Å². The Balaban J connectivity index is 2.49. The molecule has 180 valence electrons. The maximum atomic E-state index is 13.6. The number of hydrogen-bond donors (Lipinski definition) is 2. The standard InChI is InChI=1S/C26H33FO6/c1-6-33-24(30)14-20(29)13-19(28)11-12-21-22(16(2)3)15-23(31-4)26(32-5)25(21)17-7-9-18(27)10-8-17/h7-12,15-16,19-20,28-29H,6,13-14H2,1-5H3/b12-11+. The minimum Gasteiger partial charge on any atom is -0.493 e. The predicted molar refractivity (Wildman–Crippen MR) is 126 cm³/mol. The number of methoxy groups -OCH3 is 2. The molecule has 6 nitrogen and oxygen atoms in total. The third-order valence-electron chi connectivity index (χ3n) is 5.20. The summed E-state index contributed by atoms with van der Waals surface area (Å²) < 4.78 is 29.6. The molecule has 2 aromatic rings. The van der Waals surface area contributed by atoms with E-state index in [0.717, 1.165) is 16.7 Å². The van der Waals surface area contributed by atoms with Crippen LogP contribution in [0.2, 0.25) is 0 Å². The average molecular weight is 461 g/mol. The van der Waals surface area contributed by atoms with Crippen molar-refractivity contribution in [3.8, 4) is 22.6 Å². The first-order valence-electron chi connectivity index (χ1n) is 11.0. The lowest BCUT2D eigenvalue weighted by molar-refractivity contribution is -0.145. The molecule has 33 heavy (non-hydrogen) atoms. The lowest BCUT2D eigenvalue weighted by Crippen LogP contribution is -2.20. The Hall–Kier alpha value is -2.90. The first-order valence-corrected chi connectivity index (χ1v) is 11.0. The largest absolute Gasteiger partial charge is 0.493 e. The van der Waals surface area contributed by atoms with Crippen molar-refractivity contribution in [2.24, 2.45) is 0 Å². The molecule has 0 aliphatic heterocycles. The van der Waals surface area contributed by atoms with Crippen LogP contribution in [0.15, 0.2) is 36.4 Å². The summed E-state index contributed by atoms with van der Waals surface area (Å²) in [6.07, 6.45) is 1.09. The molecule has 2 rings (SSSR count). The van der Waals surface area contributed by atoms with E-state index in [1.807, 2.05) is 19.9 Å². The van der Waals surface area contributed by atoms with Crippen LogP contribution in [0.3, 0.4) is 0 Å². The van der Waals surface area contributed by atoms with E-state index in [4.69, 9.17) is 14.2 Å². The molecule has 2 aromatic carbocycles. The van der Waals surface area contributed by atoms with E-state index in [-0.39, 0.29) is 31.2 Å². The summed E-state index contributed by atoms with van der Waals surface area (Å²) >= 11 is 0. The zero-order valence-corrected chi connectivity index (χ0v) is 19.8. The highest BCUT2D eigenvalue weighted by Crippen LogP contribution is 2.45. The van der Waals surface area contributed by atoms with Crippen molar-refractivity contribution in [3.63, 3.8) is 0 Å². The monoisotopic (exact) mass is 460 g/mol. The van der Waals surface area contributed by atoms with Gasteiger partial charge < -0.3 is 24.4 Å². The molecule has 0 spiro atoms. The Morgan fingerprint density at radius 1 is 1.12 bits per heavy atom. The molecule has 0 fully saturated rings. The second kappa shape index (κ2) is 12.4. The van der Waals surface area contributed by atoms with Crippen molar-refractivity contribution < 1.29 is 33.6 Å². The predicted octanol–water partition coefficient (Wildman–Crippen LogP) is 4.71. The molecular weight excluding hydrogens is 427 g/mol. The van der Waals surface area contributed by atoms with Gasteiger partial charge in [-0.15, -0.1) is 0 Å². The smallest absolute Gasteiger partial charge is 0.308 e. The summed E-state index contributed by atoms with van der Waals surface area (Å²) in [4.78, 5) is 11.6. The van der Waals surface area contributed by atoms with Gasteiger partial charge in [0.15, 0.2) is 11.5 Å². The SMILES string of the molecule is CCOC(=O)CC(O)CC(O)/C=C/c1c(C(C)C)cc(OC)c(OC)c1-c1ccc(F)cc1. The van der Waals surface area contributed by atoms with Crippen LogP contribution in [0.1, 0.15) is 50.7 Å². The highest BCUT2D eigenvalue weighted by molar-refractivity contribution is 5.85. The second-order valence-electron chi connectivity index (χ2n) is 7.98. The van der Waals surface area contributed by atoms with Crippen LogP contribution >= 0.6 is 0 Å². The number of hydrogen-bond acceptors (Lipinski definition) is 6. The van der Waals surface area contributed by atoms with Gasteiger partial charge in [0.2, 0.25) is 0 Å². The Bertz CT molecular complexity index is 952. The van der Waals surface area contributed by atoms with E-state index in [2.05, 4.69) is 0 Å². The maximum Gasteiger partial charge on any atom is 0.308 e. The van der Waals surface area contributed by atoms with Crippen molar-refractivity contribution in [1.29, 1.82) is 0 Å². The Labute approximate surface area is 194 Å². The van der Waals surface area contributed by atoms with Crippen molar-refractivity contribution in [2.75, 3.05) is 20.8 Å². The minimum atomic E-state index is -1.03. The number of carbonyl (C=O) groups excluding carboxylic acids is 1. The number of aliphatic hydroxyl groups is 2. The number of rotatable bonds is 11. The van der Waals surface area contributed by atoms with Crippen molar-refractivity contribution in [3.05, 3.63) is 53.4 Å². The van der Waals surface area contributed by atoms with Crippen LogP contribution in [0.5, 0.6) is 11.5 Å². The van der Waals surface area contributed by atoms with Crippen LogP contribution in [0.4, 0.5) is 4.39 Å². The van der Waals surface area contributed by atoms with Crippen LogP contribution in [-0.2, 0) is 9.53 Å². The summed E-state index contributed by atoms with van der Waals surface area (Å²) in [7, 11) is 3.09. The number of carbonyl (C=O) groups is 1. The Kier molecular flexibility index (Phi) is 9.88. The highest BCUT2D eigenvalue weighted by atomic mass is 19.1. The fourth-order valence-corrected chi connectivity index (χ4v) is 3.65. The molecule has 0 saturated carbocycles. The van der Waals surface area contributed by atoms with E-state index in [1.165, 1.54) is 19.2 Å². The topological polar surface area (TPSA) is 85.2 Å². The Morgan fingerprint density at radius 3 is 2.33 bits per heavy atom. The number of ether oxygens (including phenoxy) is 3. The zero-order chi connectivity index (χ0) is 24.5. The van der Waals surface area contributed by atoms with E-state index in [9.17, 15) is 19.4 Å². The number of benzene rings is 2. The Morgan fingerprint density at radius 2 is 1.79 bits per heavy atom. The fraction of sp³-hybridized carbons (Fsp3) is 0.423. The first-order chi connectivity index (χ1) is 15.7. The summed E-state index contributed by atoms with van der Waals surface area (Å²) in [6.45, 7) is 5.99. The number of esters is 1. The van der Waals surface area contributed by atoms with Crippen LogP contribution in [-0.4, -0.2) is 49.2 Å². The molecule has 2 unspecified atom stereocenters. The van der Waals surface area contributed by atoms with Gasteiger partial charge in [-0.25, -0.2) is 4.39 Å². The third-order valence-corrected chi connectivity index (χ3v) is 5.20. The van der Waals surface area contributed by atoms with Gasteiger partial charge in [-0.2, -0.15) is 0 Å². The van der Waals surface area contributed by atoms with E-state index < -0.39 is 18.2 Å². The third kappa shape index (κ3) is 7.04. The van der Waals surface area contributed by atoms with Gasteiger partial charge in [-0.1, -0.05) is 38.1 Å². The molecule has 2 atom stereocenters. The molecule has 0 radical (unpaired) electrons. The molecule has 0 amide bonds. The maximum absolute atomic E-state index is 13.6. The highest BCUT2D eigenvalue weighted by Gasteiger charge is 2.22. The van der Waals surface area contributed by atoms with Gasteiger partial charge in [-0.05, 0) is 47.7 Å². The van der Waals surface area contributed by atoms with Crippen molar-refractivity contribution >= 4 is 12.0 Å². The zero-order valence-electron chi connectivity index (χ0n) is 19.8. The molecule has 0 aliphatic carbocycles. The van der Waals surface area contributed by atoms with Crippen LogP contribution in [0.25, 0.3) is 17.2 Å². The molecule has 0 aliphatic rings. The van der Waals surface area contributed by atoms with E-state index >= 15 is 0 Å². The summed E-state index contributed by atoms with van der Waals surface area (Å²) in [6, 6.07) is 7.95.